The maximum Gasteiger partial charge on any atom is 0.419 e. The van der Waals surface area contributed by atoms with Gasteiger partial charge in [0.05, 0.1) is 5.56 Å². The molecule has 2 N–H and O–H groups in total. The summed E-state index contributed by atoms with van der Waals surface area (Å²) in [6, 6.07) is 1.48. The van der Waals surface area contributed by atoms with E-state index in [-0.39, 0.29) is 18.7 Å². The van der Waals surface area contributed by atoms with Gasteiger partial charge in [0.1, 0.15) is 5.82 Å². The average molecular weight is 320 g/mol. The van der Waals surface area contributed by atoms with Gasteiger partial charge in [-0.3, -0.25) is 4.79 Å². The number of likely N-dealkylation sites (tertiary alicyclic amines) is 1. The number of hydrogen-bond acceptors (Lipinski definition) is 2. The number of hydrogen-bond donors (Lipinski definition) is 2. The van der Waals surface area contributed by atoms with Gasteiger partial charge in [0.15, 0.2) is 0 Å². The fraction of sp³-hybridized carbons (Fsp3) is 0.385. The molecule has 2 amide bonds. The van der Waals surface area contributed by atoms with Crippen LogP contribution in [0.5, 0.6) is 0 Å². The Morgan fingerprint density at radius 2 is 2.00 bits per heavy atom. The second kappa shape index (κ2) is 5.82. The zero-order valence-corrected chi connectivity index (χ0v) is 11.2. The number of benzene rings is 1. The van der Waals surface area contributed by atoms with Gasteiger partial charge >= 0.3 is 12.3 Å². The third-order valence-electron chi connectivity index (χ3n) is 3.33. The summed E-state index contributed by atoms with van der Waals surface area (Å²) in [6.07, 6.45) is -5.66. The van der Waals surface area contributed by atoms with Crippen LogP contribution >= 0.6 is 0 Å². The topological polar surface area (TPSA) is 69.6 Å². The van der Waals surface area contributed by atoms with Crippen molar-refractivity contribution in [1.29, 1.82) is 0 Å². The van der Waals surface area contributed by atoms with E-state index in [1.807, 2.05) is 0 Å². The minimum atomic E-state index is -4.90. The normalized spacial score (nSPS) is 18.4. The van der Waals surface area contributed by atoms with Crippen molar-refractivity contribution in [3.63, 3.8) is 0 Å². The molecule has 0 aliphatic carbocycles. The van der Waals surface area contributed by atoms with Crippen molar-refractivity contribution in [2.45, 2.75) is 18.6 Å². The third kappa shape index (κ3) is 3.46. The molecule has 1 aliphatic rings. The third-order valence-corrected chi connectivity index (χ3v) is 3.33. The molecule has 1 fully saturated rings. The van der Waals surface area contributed by atoms with Gasteiger partial charge in [-0.25, -0.2) is 9.18 Å². The molecule has 1 aromatic rings. The molecule has 120 valence electrons. The van der Waals surface area contributed by atoms with Crippen LogP contribution in [0.2, 0.25) is 0 Å². The summed E-state index contributed by atoms with van der Waals surface area (Å²) in [7, 11) is 0. The molecule has 0 unspecified atom stereocenters. The Morgan fingerprint density at radius 3 is 2.55 bits per heavy atom. The van der Waals surface area contributed by atoms with Gasteiger partial charge in [-0.05, 0) is 24.6 Å². The van der Waals surface area contributed by atoms with Crippen LogP contribution < -0.4 is 5.32 Å². The van der Waals surface area contributed by atoms with Crippen molar-refractivity contribution in [2.75, 3.05) is 13.1 Å². The van der Waals surface area contributed by atoms with Gasteiger partial charge < -0.3 is 15.3 Å². The van der Waals surface area contributed by atoms with Gasteiger partial charge in [-0.15, -0.1) is 0 Å². The summed E-state index contributed by atoms with van der Waals surface area (Å²) in [5, 5.41) is 11.2. The summed E-state index contributed by atoms with van der Waals surface area (Å²) >= 11 is 0. The lowest BCUT2D eigenvalue weighted by Crippen LogP contribution is -2.38. The van der Waals surface area contributed by atoms with E-state index in [9.17, 15) is 27.2 Å². The molecule has 0 bridgehead atoms. The number of carbonyl (C=O) groups excluding carboxylic acids is 1. The first-order chi connectivity index (χ1) is 10.2. The summed E-state index contributed by atoms with van der Waals surface area (Å²) in [6.45, 7) is 0.298. The molecule has 1 atom stereocenters. The molecule has 1 heterocycles. The van der Waals surface area contributed by atoms with Crippen LogP contribution in [0, 0.1) is 5.82 Å². The maximum absolute atomic E-state index is 13.2. The molecule has 2 rings (SSSR count). The number of nitrogens with zero attached hydrogens (tertiary/aromatic N) is 1. The molecule has 22 heavy (non-hydrogen) atoms. The number of nitrogens with one attached hydrogen (secondary N) is 1. The van der Waals surface area contributed by atoms with Gasteiger partial charge in [0.25, 0.3) is 5.91 Å². The summed E-state index contributed by atoms with van der Waals surface area (Å²) in [4.78, 5) is 23.7. The highest BCUT2D eigenvalue weighted by molar-refractivity contribution is 5.94. The number of alkyl halides is 3. The van der Waals surface area contributed by atoms with E-state index < -0.39 is 35.6 Å². The second-order valence-electron chi connectivity index (χ2n) is 4.88. The first kappa shape index (κ1) is 16.1. The van der Waals surface area contributed by atoms with Crippen LogP contribution in [0.15, 0.2) is 18.2 Å². The van der Waals surface area contributed by atoms with Crippen LogP contribution in [-0.4, -0.2) is 41.1 Å². The van der Waals surface area contributed by atoms with Crippen LogP contribution in [0.3, 0.4) is 0 Å². The molecule has 1 aliphatic heterocycles. The standard InChI is InChI=1S/C13H12F4N2O3/c14-10-2-1-7(5-9(10)13(15,16)17)11(20)18-8-3-4-19(6-8)12(21)22/h1-2,5,8H,3-4,6H2,(H,18,20)(H,21,22)/t8-/m1/s1. The van der Waals surface area contributed by atoms with Gasteiger partial charge in [-0.1, -0.05) is 0 Å². The Hall–Kier alpha value is -2.32. The van der Waals surface area contributed by atoms with E-state index >= 15 is 0 Å². The van der Waals surface area contributed by atoms with Crippen molar-refractivity contribution in [3.8, 4) is 0 Å². The lowest BCUT2D eigenvalue weighted by Gasteiger charge is -2.15. The van der Waals surface area contributed by atoms with Crippen LogP contribution in [-0.2, 0) is 6.18 Å². The maximum atomic E-state index is 13.2. The van der Waals surface area contributed by atoms with E-state index in [1.165, 1.54) is 0 Å². The zero-order valence-electron chi connectivity index (χ0n) is 11.2. The smallest absolute Gasteiger partial charge is 0.419 e. The monoisotopic (exact) mass is 320 g/mol. The van der Waals surface area contributed by atoms with Crippen molar-refractivity contribution < 1.29 is 32.3 Å². The van der Waals surface area contributed by atoms with Crippen LogP contribution in [0.1, 0.15) is 22.3 Å². The summed E-state index contributed by atoms with van der Waals surface area (Å²) < 4.78 is 50.9. The molecule has 0 saturated carbocycles. The van der Waals surface area contributed by atoms with E-state index in [1.54, 1.807) is 0 Å². The lowest BCUT2D eigenvalue weighted by molar-refractivity contribution is -0.140. The molecular weight excluding hydrogens is 308 g/mol. The summed E-state index contributed by atoms with van der Waals surface area (Å²) in [5.41, 5.74) is -1.85. The molecule has 0 aromatic heterocycles. The first-order valence-corrected chi connectivity index (χ1v) is 6.34. The molecule has 1 aromatic carbocycles. The molecule has 0 spiro atoms. The van der Waals surface area contributed by atoms with Crippen molar-refractivity contribution in [3.05, 3.63) is 35.1 Å². The predicted molar refractivity (Wildman–Crippen MR) is 66.9 cm³/mol. The fourth-order valence-corrected chi connectivity index (χ4v) is 2.20. The van der Waals surface area contributed by atoms with Crippen molar-refractivity contribution >= 4 is 12.0 Å². The highest BCUT2D eigenvalue weighted by atomic mass is 19.4. The lowest BCUT2D eigenvalue weighted by atomic mass is 10.1. The number of amides is 2. The van der Waals surface area contributed by atoms with Gasteiger partial charge in [0.2, 0.25) is 0 Å². The largest absolute Gasteiger partial charge is 0.465 e. The molecule has 9 heteroatoms. The van der Waals surface area contributed by atoms with E-state index in [0.29, 0.717) is 18.6 Å². The molecule has 1 saturated heterocycles. The van der Waals surface area contributed by atoms with Crippen molar-refractivity contribution in [2.24, 2.45) is 0 Å². The summed E-state index contributed by atoms with van der Waals surface area (Å²) in [5.74, 6) is -2.26. The van der Waals surface area contributed by atoms with Crippen molar-refractivity contribution in [1.82, 2.24) is 10.2 Å². The number of rotatable bonds is 2. The highest BCUT2D eigenvalue weighted by Gasteiger charge is 2.35. The van der Waals surface area contributed by atoms with Crippen LogP contribution in [0.4, 0.5) is 22.4 Å². The Kier molecular flexibility index (Phi) is 4.25. The van der Waals surface area contributed by atoms with Crippen LogP contribution in [0.25, 0.3) is 0 Å². The minimum Gasteiger partial charge on any atom is -0.465 e. The Balaban J connectivity index is 2.09. The zero-order chi connectivity index (χ0) is 16.5. The quantitative estimate of drug-likeness (QED) is 0.822. The molecule has 5 nitrogen and oxygen atoms in total. The molecule has 0 radical (unpaired) electrons. The van der Waals surface area contributed by atoms with E-state index in [0.717, 1.165) is 11.0 Å². The van der Waals surface area contributed by atoms with E-state index in [4.69, 9.17) is 5.11 Å². The highest BCUT2D eigenvalue weighted by Crippen LogP contribution is 2.31. The second-order valence-corrected chi connectivity index (χ2v) is 4.88. The van der Waals surface area contributed by atoms with Gasteiger partial charge in [0, 0.05) is 24.7 Å². The Labute approximate surface area is 122 Å². The average Bonchev–Trinajstić information content (AvgIpc) is 2.86. The number of halogens is 4. The molecular formula is C13H12F4N2O3. The Bertz CT molecular complexity index is 603. The SMILES string of the molecule is O=C(N[C@@H]1CCN(C(=O)O)C1)c1ccc(F)c(C(F)(F)F)c1. The minimum absolute atomic E-state index is 0.0639. The van der Waals surface area contributed by atoms with E-state index in [2.05, 4.69) is 5.32 Å². The Morgan fingerprint density at radius 1 is 1.32 bits per heavy atom. The first-order valence-electron chi connectivity index (χ1n) is 6.34. The predicted octanol–water partition coefficient (Wildman–Crippen LogP) is 2.33. The van der Waals surface area contributed by atoms with Gasteiger partial charge in [-0.2, -0.15) is 13.2 Å². The number of carboxylic acid groups (broad SMARTS) is 1. The fourth-order valence-electron chi connectivity index (χ4n) is 2.20. The number of carbonyl (C=O) groups is 2.